The molecule has 1 fully saturated rings. The molecule has 1 saturated heterocycles. The van der Waals surface area contributed by atoms with E-state index in [1.165, 1.54) is 0 Å². The summed E-state index contributed by atoms with van der Waals surface area (Å²) in [4.78, 5) is 46.5. The summed E-state index contributed by atoms with van der Waals surface area (Å²) in [5.41, 5.74) is 1.17. The summed E-state index contributed by atoms with van der Waals surface area (Å²) >= 11 is 0. The van der Waals surface area contributed by atoms with Gasteiger partial charge in [0.15, 0.2) is 0 Å². The van der Waals surface area contributed by atoms with Crippen molar-refractivity contribution in [3.63, 3.8) is 0 Å². The molecule has 5 rings (SSSR count). The van der Waals surface area contributed by atoms with Crippen LogP contribution in [-0.2, 0) is 4.79 Å². The van der Waals surface area contributed by atoms with Crippen LogP contribution in [0.25, 0.3) is 10.9 Å². The number of carbonyl (C=O) groups is 3. The fraction of sp³-hybridized carbons (Fsp3) is 0.226. The van der Waals surface area contributed by atoms with Crippen molar-refractivity contribution in [1.82, 2.24) is 14.8 Å². The summed E-state index contributed by atoms with van der Waals surface area (Å²) in [7, 11) is 0. The van der Waals surface area contributed by atoms with E-state index in [1.807, 2.05) is 11.8 Å². The van der Waals surface area contributed by atoms with Crippen LogP contribution < -0.4 is 5.32 Å². The van der Waals surface area contributed by atoms with Gasteiger partial charge in [0.1, 0.15) is 17.5 Å². The standard InChI is InChI=1S/C31H27F3N4O3/c1-18-17-37(19(2)27-25(33)15-22(32)16-26(27)34)13-14-38(18)31(41)21-8-10-23(11-9-21)36-30(40)29(39)24-7-3-5-20-6-4-12-35-28(20)24/h3-12,15-16,18-19H,13-14,17H2,1-2H3,(H,36,40)/t18-,19?/m1/s1. The minimum absolute atomic E-state index is 0.194. The first-order chi connectivity index (χ1) is 19.6. The molecule has 0 saturated carbocycles. The molecule has 2 amide bonds. The topological polar surface area (TPSA) is 82.6 Å². The highest BCUT2D eigenvalue weighted by Gasteiger charge is 2.32. The Balaban J connectivity index is 1.22. The molecular weight excluding hydrogens is 533 g/mol. The molecule has 1 aliphatic rings. The van der Waals surface area contributed by atoms with E-state index in [2.05, 4.69) is 10.3 Å². The molecule has 10 heteroatoms. The van der Waals surface area contributed by atoms with E-state index in [4.69, 9.17) is 0 Å². The second-order valence-electron chi connectivity index (χ2n) is 10.0. The number of ketones is 1. The Morgan fingerprint density at radius 1 is 0.951 bits per heavy atom. The van der Waals surface area contributed by atoms with E-state index in [0.717, 1.165) is 5.39 Å². The van der Waals surface area contributed by atoms with Crippen molar-refractivity contribution in [2.24, 2.45) is 0 Å². The number of benzene rings is 3. The number of aromatic nitrogens is 1. The van der Waals surface area contributed by atoms with Crippen LogP contribution in [0.4, 0.5) is 18.9 Å². The SMILES string of the molecule is CC(c1c(F)cc(F)cc1F)N1CCN(C(=O)c2ccc(NC(=O)C(=O)c3cccc4cccnc34)cc2)[C@H](C)C1. The van der Waals surface area contributed by atoms with E-state index < -0.39 is 35.2 Å². The average molecular weight is 561 g/mol. The zero-order chi connectivity index (χ0) is 29.3. The van der Waals surface area contributed by atoms with E-state index in [0.29, 0.717) is 48.5 Å². The molecule has 1 aromatic heterocycles. The van der Waals surface area contributed by atoms with Gasteiger partial charge in [-0.3, -0.25) is 24.3 Å². The molecule has 210 valence electrons. The first-order valence-electron chi connectivity index (χ1n) is 13.1. The number of rotatable bonds is 6. The lowest BCUT2D eigenvalue weighted by molar-refractivity contribution is -0.112. The molecule has 2 atom stereocenters. The molecule has 1 unspecified atom stereocenters. The summed E-state index contributed by atoms with van der Waals surface area (Å²) in [6.45, 7) is 4.55. The third kappa shape index (κ3) is 5.69. The summed E-state index contributed by atoms with van der Waals surface area (Å²) in [5.74, 6) is -4.64. The summed E-state index contributed by atoms with van der Waals surface area (Å²) in [5, 5.41) is 3.32. The Bertz CT molecular complexity index is 1620. The van der Waals surface area contributed by atoms with Crippen LogP contribution >= 0.6 is 0 Å². The Hall–Kier alpha value is -4.57. The Labute approximate surface area is 234 Å². The molecular formula is C31H27F3N4O3. The van der Waals surface area contributed by atoms with Crippen molar-refractivity contribution in [2.45, 2.75) is 25.9 Å². The van der Waals surface area contributed by atoms with Gasteiger partial charge in [0.05, 0.1) is 11.1 Å². The lowest BCUT2D eigenvalue weighted by atomic mass is 10.0. The number of nitrogens with zero attached hydrogens (tertiary/aromatic N) is 3. The van der Waals surface area contributed by atoms with Gasteiger partial charge in [-0.15, -0.1) is 0 Å². The number of carbonyl (C=O) groups excluding carboxylic acids is 3. The van der Waals surface area contributed by atoms with Crippen LogP contribution in [0.3, 0.4) is 0 Å². The number of fused-ring (bicyclic) bond motifs is 1. The van der Waals surface area contributed by atoms with Crippen LogP contribution in [0.1, 0.15) is 46.2 Å². The number of amides is 2. The largest absolute Gasteiger partial charge is 0.333 e. The lowest BCUT2D eigenvalue weighted by Crippen LogP contribution is -2.54. The van der Waals surface area contributed by atoms with Crippen LogP contribution in [-0.4, -0.2) is 58.1 Å². The van der Waals surface area contributed by atoms with Crippen molar-refractivity contribution in [3.8, 4) is 0 Å². The van der Waals surface area contributed by atoms with Crippen molar-refractivity contribution in [1.29, 1.82) is 0 Å². The summed E-state index contributed by atoms with van der Waals surface area (Å²) < 4.78 is 42.0. The van der Waals surface area contributed by atoms with Gasteiger partial charge in [-0.1, -0.05) is 18.2 Å². The highest BCUT2D eigenvalue weighted by atomic mass is 19.1. The average Bonchev–Trinajstić information content (AvgIpc) is 2.96. The van der Waals surface area contributed by atoms with E-state index in [-0.39, 0.29) is 23.1 Å². The Morgan fingerprint density at radius 3 is 2.32 bits per heavy atom. The van der Waals surface area contributed by atoms with Crippen molar-refractivity contribution >= 4 is 34.2 Å². The maximum absolute atomic E-state index is 14.3. The number of anilines is 1. The third-order valence-electron chi connectivity index (χ3n) is 7.40. The zero-order valence-corrected chi connectivity index (χ0v) is 22.4. The van der Waals surface area contributed by atoms with Gasteiger partial charge in [-0.25, -0.2) is 13.2 Å². The molecule has 0 radical (unpaired) electrons. The monoisotopic (exact) mass is 560 g/mol. The number of nitrogens with one attached hydrogen (secondary N) is 1. The number of halogens is 3. The Kier molecular flexibility index (Phi) is 7.85. The third-order valence-corrected chi connectivity index (χ3v) is 7.40. The molecule has 1 aliphatic heterocycles. The first-order valence-corrected chi connectivity index (χ1v) is 13.1. The van der Waals surface area contributed by atoms with Crippen molar-refractivity contribution in [2.75, 3.05) is 25.0 Å². The van der Waals surface area contributed by atoms with Gasteiger partial charge >= 0.3 is 0 Å². The van der Waals surface area contributed by atoms with Crippen LogP contribution in [0.2, 0.25) is 0 Å². The second kappa shape index (κ2) is 11.5. The number of para-hydroxylation sites is 1. The molecule has 2 heterocycles. The minimum atomic E-state index is -0.973. The number of pyridine rings is 1. The van der Waals surface area contributed by atoms with Crippen LogP contribution in [0.15, 0.2) is 72.9 Å². The van der Waals surface area contributed by atoms with E-state index in [9.17, 15) is 27.6 Å². The molecule has 4 aromatic rings. The van der Waals surface area contributed by atoms with Gasteiger partial charge < -0.3 is 10.2 Å². The number of hydrogen-bond donors (Lipinski definition) is 1. The van der Waals surface area contributed by atoms with Gasteiger partial charge in [0.25, 0.3) is 17.6 Å². The smallest absolute Gasteiger partial charge is 0.296 e. The maximum Gasteiger partial charge on any atom is 0.296 e. The summed E-state index contributed by atoms with van der Waals surface area (Å²) in [6, 6.07) is 15.2. The first kappa shape index (κ1) is 28.0. The molecule has 41 heavy (non-hydrogen) atoms. The van der Waals surface area contributed by atoms with E-state index in [1.54, 1.807) is 72.6 Å². The fourth-order valence-corrected chi connectivity index (χ4v) is 5.23. The highest BCUT2D eigenvalue weighted by molar-refractivity contribution is 6.48. The van der Waals surface area contributed by atoms with Gasteiger partial charge in [-0.2, -0.15) is 0 Å². The van der Waals surface area contributed by atoms with Crippen LogP contribution in [0.5, 0.6) is 0 Å². The molecule has 3 aromatic carbocycles. The lowest BCUT2D eigenvalue weighted by Gasteiger charge is -2.42. The van der Waals surface area contributed by atoms with Crippen molar-refractivity contribution in [3.05, 3.63) is 107 Å². The quantitative estimate of drug-likeness (QED) is 0.253. The minimum Gasteiger partial charge on any atom is -0.333 e. The zero-order valence-electron chi connectivity index (χ0n) is 22.4. The number of hydrogen-bond acceptors (Lipinski definition) is 5. The predicted molar refractivity (Wildman–Crippen MR) is 148 cm³/mol. The Morgan fingerprint density at radius 2 is 1.63 bits per heavy atom. The maximum atomic E-state index is 14.3. The predicted octanol–water partition coefficient (Wildman–Crippen LogP) is 5.38. The molecule has 7 nitrogen and oxygen atoms in total. The fourth-order valence-electron chi connectivity index (χ4n) is 5.23. The van der Waals surface area contributed by atoms with Gasteiger partial charge in [-0.05, 0) is 50.2 Å². The normalized spacial score (nSPS) is 16.4. The highest BCUT2D eigenvalue weighted by Crippen LogP contribution is 2.29. The second-order valence-corrected chi connectivity index (χ2v) is 10.0. The summed E-state index contributed by atoms with van der Waals surface area (Å²) in [6.07, 6.45) is 1.55. The number of Topliss-reactive ketones (excluding diaryl/α,β-unsaturated/α-hetero) is 1. The van der Waals surface area contributed by atoms with Crippen LogP contribution in [0, 0.1) is 17.5 Å². The molecule has 0 aliphatic carbocycles. The number of piperazine rings is 1. The molecule has 1 N–H and O–H groups in total. The van der Waals surface area contributed by atoms with Gasteiger partial charge in [0, 0.05) is 72.2 Å². The van der Waals surface area contributed by atoms with Crippen molar-refractivity contribution < 1.29 is 27.6 Å². The van der Waals surface area contributed by atoms with Gasteiger partial charge in [0.2, 0.25) is 0 Å². The van der Waals surface area contributed by atoms with E-state index >= 15 is 0 Å². The molecule has 0 bridgehead atoms. The molecule has 0 spiro atoms.